The monoisotopic (exact) mass is 416 g/mol. The molecule has 8 unspecified atom stereocenters. The van der Waals surface area contributed by atoms with E-state index >= 15 is 0 Å². The molecule has 0 aromatic rings. The maximum Gasteiger partial charge on any atom is 0.320 e. The standard InChI is InChI=1S/C20H32O5S2/c1-20-9-8-15-14-5-3-13(21)10-12(14)2-4-16(15)17(20)6-7-18(20)19(22)11-26-27(23,24)25/h12-18,21H,2-11H2,1H3,(H,23,24,25). The molecule has 4 rings (SSSR count). The number of carbonyl (C=O) groups excluding carboxylic acids is 1. The summed E-state index contributed by atoms with van der Waals surface area (Å²) in [5, 5.41) is 10.0. The van der Waals surface area contributed by atoms with E-state index in [1.807, 2.05) is 0 Å². The van der Waals surface area contributed by atoms with Crippen LogP contribution in [0.3, 0.4) is 0 Å². The van der Waals surface area contributed by atoms with Gasteiger partial charge in [0.2, 0.25) is 0 Å². The normalized spacial score (nSPS) is 47.0. The molecule has 0 saturated heterocycles. The van der Waals surface area contributed by atoms with Gasteiger partial charge in [0.25, 0.3) is 0 Å². The summed E-state index contributed by atoms with van der Waals surface area (Å²) in [5.74, 6) is 3.23. The molecule has 5 nitrogen and oxygen atoms in total. The zero-order chi connectivity index (χ0) is 19.4. The van der Waals surface area contributed by atoms with Crippen molar-refractivity contribution in [3.63, 3.8) is 0 Å². The molecule has 0 aromatic heterocycles. The average molecular weight is 417 g/mol. The first-order chi connectivity index (χ1) is 12.7. The molecule has 0 aromatic carbocycles. The van der Waals surface area contributed by atoms with E-state index in [2.05, 4.69) is 6.92 Å². The number of hydrogen-bond acceptors (Lipinski definition) is 5. The number of aliphatic hydroxyl groups is 1. The molecule has 2 N–H and O–H groups in total. The van der Waals surface area contributed by atoms with Crippen molar-refractivity contribution >= 4 is 25.7 Å². The van der Waals surface area contributed by atoms with Gasteiger partial charge in [-0.05, 0) is 92.8 Å². The van der Waals surface area contributed by atoms with Crippen LogP contribution in [0.1, 0.15) is 64.7 Å². The average Bonchev–Trinajstić information content (AvgIpc) is 2.96. The Morgan fingerprint density at radius 1 is 1.04 bits per heavy atom. The van der Waals surface area contributed by atoms with Gasteiger partial charge in [-0.2, -0.15) is 8.42 Å². The third kappa shape index (κ3) is 3.74. The fourth-order valence-corrected chi connectivity index (χ4v) is 8.85. The topological polar surface area (TPSA) is 91.7 Å². The molecule has 4 fully saturated rings. The molecule has 0 spiro atoms. The smallest absolute Gasteiger partial charge is 0.320 e. The number of ketones is 1. The minimum absolute atomic E-state index is 0.00412. The van der Waals surface area contributed by atoms with Crippen molar-refractivity contribution in [3.05, 3.63) is 0 Å². The van der Waals surface area contributed by atoms with Gasteiger partial charge in [-0.15, -0.1) is 0 Å². The van der Waals surface area contributed by atoms with E-state index in [1.165, 1.54) is 19.3 Å². The molecule has 0 bridgehead atoms. The quantitative estimate of drug-likeness (QED) is 0.536. The number of carbonyl (C=O) groups is 1. The van der Waals surface area contributed by atoms with Gasteiger partial charge >= 0.3 is 9.15 Å². The summed E-state index contributed by atoms with van der Waals surface area (Å²) < 4.78 is 31.0. The lowest BCUT2D eigenvalue weighted by Gasteiger charge is -2.56. The number of Topliss-reactive ketones (excluding diaryl/α,β-unsaturated/α-hetero) is 1. The van der Waals surface area contributed by atoms with Gasteiger partial charge in [0, 0.05) is 16.7 Å². The van der Waals surface area contributed by atoms with Crippen LogP contribution in [0, 0.1) is 40.9 Å². The predicted molar refractivity (Wildman–Crippen MR) is 106 cm³/mol. The first-order valence-corrected chi connectivity index (χ1v) is 13.5. The summed E-state index contributed by atoms with van der Waals surface area (Å²) in [6, 6.07) is 0. The summed E-state index contributed by atoms with van der Waals surface area (Å²) >= 11 is 0. The Labute approximate surface area is 166 Å². The highest BCUT2D eigenvalue weighted by molar-refractivity contribution is 8.70. The Morgan fingerprint density at radius 2 is 1.78 bits per heavy atom. The first-order valence-electron chi connectivity index (χ1n) is 10.5. The summed E-state index contributed by atoms with van der Waals surface area (Å²) in [7, 11) is -3.80. The fourth-order valence-electron chi connectivity index (χ4n) is 7.59. The summed E-state index contributed by atoms with van der Waals surface area (Å²) in [6.07, 6.45) is 9.57. The van der Waals surface area contributed by atoms with Crippen LogP contribution in [-0.4, -0.2) is 35.7 Å². The zero-order valence-corrected chi connectivity index (χ0v) is 17.7. The van der Waals surface area contributed by atoms with E-state index in [0.29, 0.717) is 28.5 Å². The molecule has 4 aliphatic rings. The lowest BCUT2D eigenvalue weighted by Crippen LogP contribution is -2.49. The Kier molecular flexibility index (Phi) is 5.45. The van der Waals surface area contributed by atoms with Gasteiger partial charge in [-0.25, -0.2) is 0 Å². The maximum absolute atomic E-state index is 12.8. The highest BCUT2D eigenvalue weighted by atomic mass is 33.1. The van der Waals surface area contributed by atoms with Crippen molar-refractivity contribution in [2.24, 2.45) is 40.9 Å². The zero-order valence-electron chi connectivity index (χ0n) is 16.0. The van der Waals surface area contributed by atoms with Crippen LogP contribution in [-0.2, 0) is 13.9 Å². The van der Waals surface area contributed by atoms with Crippen molar-refractivity contribution in [1.29, 1.82) is 0 Å². The Balaban J connectivity index is 1.47. The highest BCUT2D eigenvalue weighted by Gasteiger charge is 2.58. The Bertz CT molecular complexity index is 692. The summed E-state index contributed by atoms with van der Waals surface area (Å²) in [6.45, 7) is 2.26. The van der Waals surface area contributed by atoms with Crippen LogP contribution < -0.4 is 0 Å². The van der Waals surface area contributed by atoms with Crippen LogP contribution in [0.15, 0.2) is 0 Å². The molecule has 0 radical (unpaired) electrons. The Morgan fingerprint density at radius 3 is 2.52 bits per heavy atom. The van der Waals surface area contributed by atoms with Crippen molar-refractivity contribution in [2.45, 2.75) is 70.8 Å². The van der Waals surface area contributed by atoms with Crippen molar-refractivity contribution < 1.29 is 22.9 Å². The summed E-state index contributed by atoms with van der Waals surface area (Å²) in [5.41, 5.74) is -0.0148. The van der Waals surface area contributed by atoms with Crippen LogP contribution in [0.5, 0.6) is 0 Å². The highest BCUT2D eigenvalue weighted by Crippen LogP contribution is 2.64. The van der Waals surface area contributed by atoms with Gasteiger partial charge in [-0.3, -0.25) is 9.35 Å². The number of hydrogen-bond donors (Lipinski definition) is 2. The third-order valence-electron chi connectivity index (χ3n) is 8.67. The van der Waals surface area contributed by atoms with Gasteiger partial charge in [-0.1, -0.05) is 6.92 Å². The largest absolute Gasteiger partial charge is 0.393 e. The van der Waals surface area contributed by atoms with Crippen molar-refractivity contribution in [1.82, 2.24) is 0 Å². The van der Waals surface area contributed by atoms with Crippen LogP contribution in [0.4, 0.5) is 0 Å². The predicted octanol–water partition coefficient (Wildman–Crippen LogP) is 3.72. The third-order valence-corrected chi connectivity index (χ3v) is 10.6. The molecular formula is C20H32O5S2. The van der Waals surface area contributed by atoms with Gasteiger partial charge in [0.1, 0.15) is 5.78 Å². The van der Waals surface area contributed by atoms with E-state index in [0.717, 1.165) is 50.4 Å². The van der Waals surface area contributed by atoms with E-state index in [-0.39, 0.29) is 29.0 Å². The van der Waals surface area contributed by atoms with Crippen molar-refractivity contribution in [3.8, 4) is 0 Å². The molecule has 4 saturated carbocycles. The number of aliphatic hydroxyl groups excluding tert-OH is 1. The van der Waals surface area contributed by atoms with E-state index < -0.39 is 9.15 Å². The Hall–Kier alpha value is -0.110. The lowest BCUT2D eigenvalue weighted by atomic mass is 9.49. The number of fused-ring (bicyclic) bond motifs is 5. The lowest BCUT2D eigenvalue weighted by molar-refractivity contribution is -0.128. The number of rotatable bonds is 4. The van der Waals surface area contributed by atoms with E-state index in [4.69, 9.17) is 4.55 Å². The first kappa shape index (κ1) is 20.2. The maximum atomic E-state index is 12.8. The fraction of sp³-hybridized carbons (Fsp3) is 0.950. The van der Waals surface area contributed by atoms with Crippen LogP contribution in [0.25, 0.3) is 0 Å². The molecule has 0 heterocycles. The molecular weight excluding hydrogens is 384 g/mol. The van der Waals surface area contributed by atoms with Crippen LogP contribution in [0.2, 0.25) is 0 Å². The van der Waals surface area contributed by atoms with Crippen molar-refractivity contribution in [2.75, 3.05) is 5.75 Å². The van der Waals surface area contributed by atoms with Crippen LogP contribution >= 0.6 is 10.8 Å². The second kappa shape index (κ2) is 7.29. The minimum Gasteiger partial charge on any atom is -0.393 e. The summed E-state index contributed by atoms with van der Waals surface area (Å²) in [4.78, 5) is 12.8. The second-order valence-corrected chi connectivity index (χ2v) is 13.1. The SMILES string of the molecule is CC12CCC3C4CCC(O)CC4CCC3C1CCC2C(=O)CSS(=O)(=O)O. The minimum atomic E-state index is -4.16. The second-order valence-electron chi connectivity index (χ2n) is 9.73. The van der Waals surface area contributed by atoms with Gasteiger partial charge in [0.15, 0.2) is 0 Å². The molecule has 8 atom stereocenters. The van der Waals surface area contributed by atoms with Gasteiger partial charge < -0.3 is 5.11 Å². The molecule has 0 amide bonds. The van der Waals surface area contributed by atoms with E-state index in [1.54, 1.807) is 0 Å². The molecule has 4 aliphatic carbocycles. The molecule has 0 aliphatic heterocycles. The molecule has 27 heavy (non-hydrogen) atoms. The molecule has 7 heteroatoms. The van der Waals surface area contributed by atoms with Gasteiger partial charge in [0.05, 0.1) is 11.9 Å². The molecule has 154 valence electrons. The van der Waals surface area contributed by atoms with E-state index in [9.17, 15) is 18.3 Å².